The Morgan fingerprint density at radius 2 is 2.00 bits per heavy atom. The number of hydrogen-bond acceptors (Lipinski definition) is 5. The molecule has 0 radical (unpaired) electrons. The van der Waals surface area contributed by atoms with E-state index in [-0.39, 0.29) is 12.5 Å². The normalized spacial score (nSPS) is 9.71. The van der Waals surface area contributed by atoms with Crippen molar-refractivity contribution in [3.05, 3.63) is 52.4 Å². The van der Waals surface area contributed by atoms with E-state index in [1.807, 2.05) is 6.07 Å². The minimum absolute atomic E-state index is 0.275. The summed E-state index contributed by atoms with van der Waals surface area (Å²) >= 11 is 1.25. The van der Waals surface area contributed by atoms with Crippen LogP contribution < -0.4 is 5.32 Å². The van der Waals surface area contributed by atoms with Crippen LogP contribution in [0.4, 0.5) is 5.00 Å². The van der Waals surface area contributed by atoms with Crippen LogP contribution in [0.2, 0.25) is 0 Å². The number of anilines is 1. The van der Waals surface area contributed by atoms with Crippen LogP contribution in [-0.4, -0.2) is 18.5 Å². The van der Waals surface area contributed by atoms with Gasteiger partial charge in [-0.05, 0) is 42.6 Å². The smallest absolute Gasteiger partial charge is 0.341 e. The molecule has 0 aliphatic heterocycles. The number of benzene rings is 1. The minimum atomic E-state index is -0.464. The minimum Gasteiger partial charge on any atom is -0.462 e. The summed E-state index contributed by atoms with van der Waals surface area (Å²) in [6, 6.07) is 9.85. The Morgan fingerprint density at radius 1 is 1.29 bits per heavy atom. The number of nitrogens with zero attached hydrogens (tertiary/aromatic N) is 1. The van der Waals surface area contributed by atoms with Gasteiger partial charge in [0.05, 0.1) is 23.8 Å². The highest BCUT2D eigenvalue weighted by molar-refractivity contribution is 7.14. The van der Waals surface area contributed by atoms with Crippen LogP contribution in [-0.2, 0) is 4.74 Å². The molecule has 5 nitrogen and oxygen atoms in total. The first-order chi connectivity index (χ1) is 10.2. The van der Waals surface area contributed by atoms with Crippen LogP contribution in [0.25, 0.3) is 0 Å². The lowest BCUT2D eigenvalue weighted by Crippen LogP contribution is -2.14. The molecule has 21 heavy (non-hydrogen) atoms. The topological polar surface area (TPSA) is 79.2 Å². The van der Waals surface area contributed by atoms with Crippen LogP contribution in [0.1, 0.15) is 33.2 Å². The number of carbonyl (C=O) groups excluding carboxylic acids is 2. The Labute approximate surface area is 125 Å². The van der Waals surface area contributed by atoms with E-state index in [1.165, 1.54) is 11.3 Å². The lowest BCUT2D eigenvalue weighted by atomic mass is 10.1. The maximum Gasteiger partial charge on any atom is 0.341 e. The van der Waals surface area contributed by atoms with E-state index in [4.69, 9.17) is 10.00 Å². The van der Waals surface area contributed by atoms with Gasteiger partial charge in [-0.3, -0.25) is 4.79 Å². The van der Waals surface area contributed by atoms with Gasteiger partial charge in [0.25, 0.3) is 5.91 Å². The Balaban J connectivity index is 2.14. The zero-order chi connectivity index (χ0) is 15.2. The number of amides is 1. The summed E-state index contributed by atoms with van der Waals surface area (Å²) in [5.41, 5.74) is 1.23. The molecule has 0 fully saturated rings. The van der Waals surface area contributed by atoms with Crippen molar-refractivity contribution in [2.75, 3.05) is 11.9 Å². The Kier molecular flexibility index (Phi) is 4.69. The number of rotatable bonds is 4. The zero-order valence-corrected chi connectivity index (χ0v) is 12.1. The fourth-order valence-corrected chi connectivity index (χ4v) is 2.42. The summed E-state index contributed by atoms with van der Waals surface area (Å²) in [7, 11) is 0. The molecule has 1 aromatic heterocycles. The summed E-state index contributed by atoms with van der Waals surface area (Å²) in [5.74, 6) is -0.804. The number of esters is 1. The van der Waals surface area contributed by atoms with Gasteiger partial charge in [-0.25, -0.2) is 4.79 Å². The SMILES string of the molecule is CCOC(=O)c1ccsc1NC(=O)c1ccc(C#N)cc1. The molecule has 6 heteroatoms. The second-order valence-electron chi connectivity index (χ2n) is 4.03. The van der Waals surface area contributed by atoms with E-state index in [9.17, 15) is 9.59 Å². The second kappa shape index (κ2) is 6.68. The maximum absolute atomic E-state index is 12.1. The third kappa shape index (κ3) is 3.46. The maximum atomic E-state index is 12.1. The van der Waals surface area contributed by atoms with Crippen molar-refractivity contribution < 1.29 is 14.3 Å². The fraction of sp³-hybridized carbons (Fsp3) is 0.133. The van der Waals surface area contributed by atoms with Crippen LogP contribution in [0, 0.1) is 11.3 Å². The molecule has 0 saturated heterocycles. The molecule has 0 aliphatic carbocycles. The number of hydrogen-bond donors (Lipinski definition) is 1. The van der Waals surface area contributed by atoms with E-state index in [1.54, 1.807) is 42.6 Å². The van der Waals surface area contributed by atoms with Gasteiger partial charge in [0.1, 0.15) is 5.00 Å². The van der Waals surface area contributed by atoms with Crippen molar-refractivity contribution in [3.8, 4) is 6.07 Å². The third-order valence-corrected chi connectivity index (χ3v) is 3.49. The van der Waals surface area contributed by atoms with E-state index >= 15 is 0 Å². The highest BCUT2D eigenvalue weighted by Gasteiger charge is 2.16. The highest BCUT2D eigenvalue weighted by Crippen LogP contribution is 2.24. The van der Waals surface area contributed by atoms with Gasteiger partial charge in [-0.1, -0.05) is 0 Å². The van der Waals surface area contributed by atoms with Crippen LogP contribution in [0.15, 0.2) is 35.7 Å². The second-order valence-corrected chi connectivity index (χ2v) is 4.94. The molecule has 2 rings (SSSR count). The van der Waals surface area contributed by atoms with Gasteiger partial charge in [0, 0.05) is 5.56 Å². The summed E-state index contributed by atoms with van der Waals surface area (Å²) in [6.45, 7) is 2.00. The van der Waals surface area contributed by atoms with Gasteiger partial charge >= 0.3 is 5.97 Å². The molecule has 2 aromatic rings. The average Bonchev–Trinajstić information content (AvgIpc) is 2.95. The number of nitrogens with one attached hydrogen (secondary N) is 1. The molecule has 0 spiro atoms. The van der Waals surface area contributed by atoms with Gasteiger partial charge < -0.3 is 10.1 Å². The Morgan fingerprint density at radius 3 is 2.62 bits per heavy atom. The van der Waals surface area contributed by atoms with Crippen molar-refractivity contribution in [2.24, 2.45) is 0 Å². The molecule has 1 N–H and O–H groups in total. The lowest BCUT2D eigenvalue weighted by Gasteiger charge is -2.06. The lowest BCUT2D eigenvalue weighted by molar-refractivity contribution is 0.0528. The molecule has 1 aromatic carbocycles. The van der Waals surface area contributed by atoms with Gasteiger partial charge in [-0.15, -0.1) is 11.3 Å². The van der Waals surface area contributed by atoms with E-state index < -0.39 is 5.97 Å². The summed E-state index contributed by atoms with van der Waals surface area (Å²) in [4.78, 5) is 23.8. The van der Waals surface area contributed by atoms with Gasteiger partial charge in [-0.2, -0.15) is 5.26 Å². The quantitative estimate of drug-likeness (QED) is 0.880. The number of ether oxygens (including phenoxy) is 1. The molecule has 106 valence electrons. The highest BCUT2D eigenvalue weighted by atomic mass is 32.1. The predicted octanol–water partition coefficient (Wildman–Crippen LogP) is 3.05. The largest absolute Gasteiger partial charge is 0.462 e. The van der Waals surface area contributed by atoms with E-state index in [0.717, 1.165) is 0 Å². The van der Waals surface area contributed by atoms with Crippen LogP contribution >= 0.6 is 11.3 Å². The van der Waals surface area contributed by atoms with Crippen molar-refractivity contribution in [1.82, 2.24) is 0 Å². The number of thiophene rings is 1. The fourth-order valence-electron chi connectivity index (χ4n) is 1.65. The Bertz CT molecular complexity index is 698. The molecule has 0 bridgehead atoms. The molecular weight excluding hydrogens is 288 g/mol. The summed E-state index contributed by atoms with van der Waals surface area (Å²) in [6.07, 6.45) is 0. The first kappa shape index (κ1) is 14.8. The van der Waals surface area contributed by atoms with E-state index in [2.05, 4.69) is 5.32 Å². The average molecular weight is 300 g/mol. The summed E-state index contributed by atoms with van der Waals surface area (Å²) in [5, 5.41) is 13.6. The van der Waals surface area contributed by atoms with Gasteiger partial charge in [0.2, 0.25) is 0 Å². The molecule has 1 heterocycles. The predicted molar refractivity (Wildman–Crippen MR) is 79.4 cm³/mol. The molecular formula is C15H12N2O3S. The van der Waals surface area contributed by atoms with Crippen molar-refractivity contribution in [3.63, 3.8) is 0 Å². The first-order valence-corrected chi connectivity index (χ1v) is 7.09. The number of carbonyl (C=O) groups is 2. The first-order valence-electron chi connectivity index (χ1n) is 6.21. The van der Waals surface area contributed by atoms with E-state index in [0.29, 0.717) is 21.7 Å². The molecule has 0 unspecified atom stereocenters. The Hall–Kier alpha value is -2.65. The molecule has 0 saturated carbocycles. The monoisotopic (exact) mass is 300 g/mol. The van der Waals surface area contributed by atoms with Crippen molar-refractivity contribution in [1.29, 1.82) is 5.26 Å². The van der Waals surface area contributed by atoms with Crippen LogP contribution in [0.5, 0.6) is 0 Å². The molecule has 1 amide bonds. The summed E-state index contributed by atoms with van der Waals surface area (Å²) < 4.78 is 4.92. The van der Waals surface area contributed by atoms with Gasteiger partial charge in [0.15, 0.2) is 0 Å². The van der Waals surface area contributed by atoms with Crippen LogP contribution in [0.3, 0.4) is 0 Å². The zero-order valence-electron chi connectivity index (χ0n) is 11.3. The molecule has 0 atom stereocenters. The third-order valence-electron chi connectivity index (χ3n) is 2.66. The molecule has 0 aliphatic rings. The van der Waals surface area contributed by atoms with Crippen molar-refractivity contribution >= 4 is 28.2 Å². The number of nitriles is 1. The standard InChI is InChI=1S/C15H12N2O3S/c1-2-20-15(19)12-7-8-21-14(12)17-13(18)11-5-3-10(9-16)4-6-11/h3-8H,2H2,1H3,(H,17,18). The van der Waals surface area contributed by atoms with Crippen molar-refractivity contribution in [2.45, 2.75) is 6.92 Å².